The van der Waals surface area contributed by atoms with Crippen LogP contribution in [0.25, 0.3) is 10.8 Å². The van der Waals surface area contributed by atoms with Crippen molar-refractivity contribution in [3.8, 4) is 0 Å². The fourth-order valence-corrected chi connectivity index (χ4v) is 4.57. The molecule has 0 aliphatic heterocycles. The van der Waals surface area contributed by atoms with Gasteiger partial charge in [0, 0.05) is 23.8 Å². The molecule has 0 atom stereocenters. The Bertz CT molecular complexity index is 709. The topological polar surface area (TPSA) is 42.0 Å². The van der Waals surface area contributed by atoms with E-state index in [4.69, 9.17) is 0 Å². The molecule has 1 aromatic carbocycles. The quantitative estimate of drug-likeness (QED) is 0.914. The highest BCUT2D eigenvalue weighted by atomic mass is 16.1. The summed E-state index contributed by atoms with van der Waals surface area (Å²) in [6, 6.07) is 8.51. The molecule has 3 nitrogen and oxygen atoms in total. The van der Waals surface area contributed by atoms with Crippen LogP contribution in [0.4, 0.5) is 0 Å². The predicted octanol–water partition coefficient (Wildman–Crippen LogP) is 4.25. The molecule has 0 spiro atoms. The van der Waals surface area contributed by atoms with E-state index < -0.39 is 0 Å². The molecule has 24 heavy (non-hydrogen) atoms. The zero-order chi connectivity index (χ0) is 16.4. The van der Waals surface area contributed by atoms with Gasteiger partial charge in [-0.05, 0) is 41.7 Å². The molecule has 2 aliphatic carbocycles. The second kappa shape index (κ2) is 6.92. The van der Waals surface area contributed by atoms with Crippen molar-refractivity contribution in [3.63, 3.8) is 0 Å². The number of nitrogens with zero attached hydrogens (tertiary/aromatic N) is 1. The fraction of sp³-hybridized carbons (Fsp3) is 0.524. The van der Waals surface area contributed by atoms with Crippen LogP contribution in [0.3, 0.4) is 0 Å². The third-order valence-electron chi connectivity index (χ3n) is 5.98. The van der Waals surface area contributed by atoms with Crippen LogP contribution in [0.2, 0.25) is 0 Å². The molecule has 1 aromatic heterocycles. The monoisotopic (exact) mass is 322 g/mol. The normalized spacial score (nSPS) is 24.5. The van der Waals surface area contributed by atoms with Crippen LogP contribution in [0.5, 0.6) is 0 Å². The number of carbonyl (C=O) groups is 1. The highest BCUT2D eigenvalue weighted by Gasteiger charge is 2.35. The molecule has 2 aromatic rings. The van der Waals surface area contributed by atoms with E-state index >= 15 is 0 Å². The first kappa shape index (κ1) is 15.6. The van der Waals surface area contributed by atoms with Gasteiger partial charge in [-0.25, -0.2) is 0 Å². The Morgan fingerprint density at radius 1 is 1.08 bits per heavy atom. The van der Waals surface area contributed by atoms with Crippen LogP contribution in [0.1, 0.15) is 50.5 Å². The molecule has 3 heteroatoms. The van der Waals surface area contributed by atoms with Gasteiger partial charge in [-0.3, -0.25) is 9.78 Å². The Morgan fingerprint density at radius 3 is 2.75 bits per heavy atom. The van der Waals surface area contributed by atoms with E-state index in [0.29, 0.717) is 12.5 Å². The molecule has 1 heterocycles. The van der Waals surface area contributed by atoms with Crippen LogP contribution in [0.15, 0.2) is 36.7 Å². The second-order valence-corrected chi connectivity index (χ2v) is 7.58. The Hall–Kier alpha value is -1.90. The van der Waals surface area contributed by atoms with Crippen molar-refractivity contribution >= 4 is 16.7 Å². The lowest BCUT2D eigenvalue weighted by molar-refractivity contribution is -0.122. The first-order valence-electron chi connectivity index (χ1n) is 9.40. The minimum Gasteiger partial charge on any atom is -0.353 e. The van der Waals surface area contributed by atoms with Crippen LogP contribution in [0, 0.1) is 11.8 Å². The van der Waals surface area contributed by atoms with E-state index in [9.17, 15) is 4.79 Å². The SMILES string of the molecule is O=C(Cc1cccc2cnccc12)NC1CC(C2CCCCC2)C1. The third kappa shape index (κ3) is 3.31. The Kier molecular flexibility index (Phi) is 4.50. The zero-order valence-electron chi connectivity index (χ0n) is 14.2. The first-order valence-corrected chi connectivity index (χ1v) is 9.40. The maximum atomic E-state index is 12.4. The van der Waals surface area contributed by atoms with Crippen LogP contribution >= 0.6 is 0 Å². The first-order chi connectivity index (χ1) is 11.8. The summed E-state index contributed by atoms with van der Waals surface area (Å²) in [5.74, 6) is 1.95. The van der Waals surface area contributed by atoms with E-state index in [2.05, 4.69) is 10.3 Å². The van der Waals surface area contributed by atoms with Crippen LogP contribution in [-0.4, -0.2) is 16.9 Å². The number of carbonyl (C=O) groups excluding carboxylic acids is 1. The zero-order valence-corrected chi connectivity index (χ0v) is 14.2. The molecular weight excluding hydrogens is 296 g/mol. The second-order valence-electron chi connectivity index (χ2n) is 7.58. The average Bonchev–Trinajstić information content (AvgIpc) is 2.59. The lowest BCUT2D eigenvalue weighted by atomic mass is 9.67. The molecule has 1 N–H and O–H groups in total. The Balaban J connectivity index is 1.31. The van der Waals surface area contributed by atoms with E-state index in [0.717, 1.165) is 28.2 Å². The highest BCUT2D eigenvalue weighted by molar-refractivity contribution is 5.89. The van der Waals surface area contributed by atoms with Crippen LogP contribution in [-0.2, 0) is 11.2 Å². The number of fused-ring (bicyclic) bond motifs is 1. The number of pyridine rings is 1. The van der Waals surface area contributed by atoms with Crippen molar-refractivity contribution in [2.24, 2.45) is 11.8 Å². The Morgan fingerprint density at radius 2 is 1.92 bits per heavy atom. The maximum absolute atomic E-state index is 12.4. The average molecular weight is 322 g/mol. The lowest BCUT2D eigenvalue weighted by Crippen LogP contribution is -2.47. The summed E-state index contributed by atoms with van der Waals surface area (Å²) in [5.41, 5.74) is 1.09. The number of hydrogen-bond acceptors (Lipinski definition) is 2. The minimum atomic E-state index is 0.159. The maximum Gasteiger partial charge on any atom is 0.224 e. The van der Waals surface area contributed by atoms with Crippen molar-refractivity contribution < 1.29 is 4.79 Å². The summed E-state index contributed by atoms with van der Waals surface area (Å²) in [7, 11) is 0. The van der Waals surface area contributed by atoms with Gasteiger partial charge in [-0.15, -0.1) is 0 Å². The number of nitrogens with one attached hydrogen (secondary N) is 1. The van der Waals surface area contributed by atoms with Crippen molar-refractivity contribution in [1.82, 2.24) is 10.3 Å². The molecule has 0 radical (unpaired) electrons. The number of rotatable bonds is 4. The van der Waals surface area contributed by atoms with Gasteiger partial charge in [-0.2, -0.15) is 0 Å². The van der Waals surface area contributed by atoms with E-state index in [-0.39, 0.29) is 5.91 Å². The summed E-state index contributed by atoms with van der Waals surface area (Å²) in [4.78, 5) is 16.6. The fourth-order valence-electron chi connectivity index (χ4n) is 4.57. The van der Waals surface area contributed by atoms with E-state index in [1.807, 2.05) is 30.5 Å². The third-order valence-corrected chi connectivity index (χ3v) is 5.98. The van der Waals surface area contributed by atoms with Gasteiger partial charge >= 0.3 is 0 Å². The molecule has 0 saturated heterocycles. The summed E-state index contributed by atoms with van der Waals surface area (Å²) < 4.78 is 0. The molecule has 0 bridgehead atoms. The molecule has 4 rings (SSSR count). The number of benzene rings is 1. The molecule has 2 fully saturated rings. The number of amides is 1. The minimum absolute atomic E-state index is 0.159. The van der Waals surface area contributed by atoms with Gasteiger partial charge in [0.1, 0.15) is 0 Å². The van der Waals surface area contributed by atoms with Gasteiger partial charge in [0.2, 0.25) is 5.91 Å². The van der Waals surface area contributed by atoms with Crippen molar-refractivity contribution in [1.29, 1.82) is 0 Å². The van der Waals surface area contributed by atoms with E-state index in [1.54, 1.807) is 6.20 Å². The summed E-state index contributed by atoms with van der Waals surface area (Å²) in [6.07, 6.45) is 13.6. The Labute approximate surface area is 143 Å². The standard InChI is InChI=1S/C21H26N2O/c24-21(13-16-7-4-8-17-14-22-10-9-20(16)17)23-19-11-18(12-19)15-5-2-1-3-6-15/h4,7-10,14-15,18-19H,1-3,5-6,11-13H2,(H,23,24). The lowest BCUT2D eigenvalue weighted by Gasteiger charge is -2.42. The van der Waals surface area contributed by atoms with Crippen molar-refractivity contribution in [2.45, 2.75) is 57.4 Å². The van der Waals surface area contributed by atoms with Crippen LogP contribution < -0.4 is 5.32 Å². The summed E-state index contributed by atoms with van der Waals surface area (Å²) in [6.45, 7) is 0. The number of aromatic nitrogens is 1. The highest BCUT2D eigenvalue weighted by Crippen LogP contribution is 2.41. The summed E-state index contributed by atoms with van der Waals surface area (Å²) in [5, 5.41) is 5.48. The van der Waals surface area contributed by atoms with Crippen molar-refractivity contribution in [3.05, 3.63) is 42.2 Å². The van der Waals surface area contributed by atoms with Crippen molar-refractivity contribution in [2.75, 3.05) is 0 Å². The molecule has 126 valence electrons. The van der Waals surface area contributed by atoms with Gasteiger partial charge in [0.25, 0.3) is 0 Å². The summed E-state index contributed by atoms with van der Waals surface area (Å²) >= 11 is 0. The van der Waals surface area contributed by atoms with Gasteiger partial charge in [0.15, 0.2) is 0 Å². The van der Waals surface area contributed by atoms with Gasteiger partial charge < -0.3 is 5.32 Å². The molecule has 0 unspecified atom stereocenters. The molecular formula is C21H26N2O. The molecule has 1 amide bonds. The van der Waals surface area contributed by atoms with E-state index in [1.165, 1.54) is 44.9 Å². The van der Waals surface area contributed by atoms with Gasteiger partial charge in [-0.1, -0.05) is 50.3 Å². The molecule has 2 saturated carbocycles. The van der Waals surface area contributed by atoms with Gasteiger partial charge in [0.05, 0.1) is 6.42 Å². The molecule has 2 aliphatic rings. The largest absolute Gasteiger partial charge is 0.353 e. The smallest absolute Gasteiger partial charge is 0.224 e. The number of hydrogen-bond donors (Lipinski definition) is 1. The predicted molar refractivity (Wildman–Crippen MR) is 96.7 cm³/mol.